The Morgan fingerprint density at radius 3 is 2.41 bits per heavy atom. The molecule has 1 saturated carbocycles. The van der Waals surface area contributed by atoms with Crippen LogP contribution < -0.4 is 5.32 Å². The molecule has 1 amide bonds. The second-order valence-corrected chi connectivity index (χ2v) is 8.68. The molecule has 0 aromatic heterocycles. The number of nitrogens with zero attached hydrogens (tertiary/aromatic N) is 3. The van der Waals surface area contributed by atoms with Crippen LogP contribution in [0.1, 0.15) is 38.5 Å². The molecule has 0 aromatic carbocycles. The van der Waals surface area contributed by atoms with Crippen molar-refractivity contribution in [1.29, 1.82) is 0 Å². The number of amides is 1. The lowest BCUT2D eigenvalue weighted by Gasteiger charge is -2.21. The summed E-state index contributed by atoms with van der Waals surface area (Å²) in [5.41, 5.74) is -0.476. The maximum absolute atomic E-state index is 12.2. The van der Waals surface area contributed by atoms with Crippen LogP contribution in [0, 0.1) is 12.3 Å². The third-order valence-electron chi connectivity index (χ3n) is 4.25. The molecule has 7 nitrogen and oxygen atoms in total. The standard InChI is InChI=1S/C14H22N4O3S/c1-4-5-7-14(16-17-14)8-6-12(19)15-11-13(9-10-13)22(20,21)18(2)3/h1H,5-11H2,2-3H3,(H,15,19). The van der Waals surface area contributed by atoms with Crippen LogP contribution in [0.25, 0.3) is 0 Å². The molecule has 122 valence electrons. The van der Waals surface area contributed by atoms with Crippen LogP contribution in [0.15, 0.2) is 10.2 Å². The normalized spacial score (nSPS) is 20.5. The number of carbonyl (C=O) groups excluding carboxylic acids is 1. The molecule has 0 unspecified atom stereocenters. The van der Waals surface area contributed by atoms with Crippen molar-refractivity contribution in [2.45, 2.75) is 48.9 Å². The van der Waals surface area contributed by atoms with Gasteiger partial charge in [0, 0.05) is 46.3 Å². The van der Waals surface area contributed by atoms with Crippen molar-refractivity contribution in [2.24, 2.45) is 10.2 Å². The first-order valence-electron chi connectivity index (χ1n) is 7.33. The molecule has 1 N–H and O–H groups in total. The van der Waals surface area contributed by atoms with Crippen molar-refractivity contribution in [3.63, 3.8) is 0 Å². The third kappa shape index (κ3) is 3.47. The average molecular weight is 326 g/mol. The largest absolute Gasteiger partial charge is 0.354 e. The number of hydrogen-bond acceptors (Lipinski definition) is 5. The molecule has 1 aliphatic carbocycles. The number of rotatable bonds is 9. The van der Waals surface area contributed by atoms with Crippen LogP contribution >= 0.6 is 0 Å². The zero-order valence-corrected chi connectivity index (χ0v) is 13.8. The molecule has 0 saturated heterocycles. The Kier molecular flexibility index (Phi) is 4.59. The van der Waals surface area contributed by atoms with E-state index >= 15 is 0 Å². The van der Waals surface area contributed by atoms with Gasteiger partial charge in [-0.05, 0) is 12.8 Å². The summed E-state index contributed by atoms with van der Waals surface area (Å²) in [6, 6.07) is 0. The molecule has 8 heteroatoms. The molecule has 2 rings (SSSR count). The maximum Gasteiger partial charge on any atom is 0.221 e. The van der Waals surface area contributed by atoms with Crippen LogP contribution in [-0.4, -0.2) is 49.7 Å². The van der Waals surface area contributed by atoms with Gasteiger partial charge in [0.15, 0.2) is 5.66 Å². The Bertz CT molecular complexity index is 608. The second-order valence-electron chi connectivity index (χ2n) is 6.13. The lowest BCUT2D eigenvalue weighted by molar-refractivity contribution is -0.121. The fourth-order valence-electron chi connectivity index (χ4n) is 2.38. The molecular formula is C14H22N4O3S. The Labute approximate surface area is 131 Å². The van der Waals surface area contributed by atoms with Gasteiger partial charge >= 0.3 is 0 Å². The number of nitrogens with one attached hydrogen (secondary N) is 1. The fraction of sp³-hybridized carbons (Fsp3) is 0.786. The van der Waals surface area contributed by atoms with E-state index in [1.54, 1.807) is 0 Å². The molecule has 2 aliphatic rings. The van der Waals surface area contributed by atoms with E-state index in [2.05, 4.69) is 21.5 Å². The molecule has 1 aliphatic heterocycles. The highest BCUT2D eigenvalue weighted by Gasteiger charge is 2.55. The number of carbonyl (C=O) groups is 1. The summed E-state index contributed by atoms with van der Waals surface area (Å²) in [5.74, 6) is 2.37. The summed E-state index contributed by atoms with van der Waals surface area (Å²) in [4.78, 5) is 11.9. The predicted molar refractivity (Wildman–Crippen MR) is 82.5 cm³/mol. The quantitative estimate of drug-likeness (QED) is 0.638. The van der Waals surface area contributed by atoms with E-state index in [1.165, 1.54) is 18.4 Å². The van der Waals surface area contributed by atoms with E-state index in [4.69, 9.17) is 6.42 Å². The zero-order chi connectivity index (χ0) is 16.4. The summed E-state index contributed by atoms with van der Waals surface area (Å²) in [5, 5.41) is 10.7. The summed E-state index contributed by atoms with van der Waals surface area (Å²) < 4.78 is 24.8. The van der Waals surface area contributed by atoms with Gasteiger partial charge in [-0.25, -0.2) is 12.7 Å². The summed E-state index contributed by atoms with van der Waals surface area (Å²) in [7, 11) is -0.312. The lowest BCUT2D eigenvalue weighted by atomic mass is 10.0. The van der Waals surface area contributed by atoms with Crippen molar-refractivity contribution in [3.8, 4) is 12.3 Å². The van der Waals surface area contributed by atoms with Crippen LogP contribution in [0.4, 0.5) is 0 Å². The molecule has 0 atom stereocenters. The van der Waals surface area contributed by atoms with Gasteiger partial charge in [0.2, 0.25) is 15.9 Å². The van der Waals surface area contributed by atoms with E-state index in [0.717, 1.165) is 0 Å². The van der Waals surface area contributed by atoms with E-state index in [1.807, 2.05) is 0 Å². The van der Waals surface area contributed by atoms with Crippen molar-refractivity contribution in [1.82, 2.24) is 9.62 Å². The van der Waals surface area contributed by atoms with Crippen LogP contribution in [0.2, 0.25) is 0 Å². The highest BCUT2D eigenvalue weighted by Crippen LogP contribution is 2.44. The number of sulfonamides is 1. The monoisotopic (exact) mass is 326 g/mol. The minimum Gasteiger partial charge on any atom is -0.354 e. The molecule has 0 spiro atoms. The van der Waals surface area contributed by atoms with Crippen molar-refractivity contribution >= 4 is 15.9 Å². The van der Waals surface area contributed by atoms with Crippen molar-refractivity contribution < 1.29 is 13.2 Å². The van der Waals surface area contributed by atoms with Gasteiger partial charge in [0.1, 0.15) is 4.75 Å². The smallest absolute Gasteiger partial charge is 0.221 e. The Hall–Kier alpha value is -1.46. The second kappa shape index (κ2) is 5.97. The van der Waals surface area contributed by atoms with Crippen LogP contribution in [0.5, 0.6) is 0 Å². The maximum atomic E-state index is 12.2. The first-order valence-corrected chi connectivity index (χ1v) is 8.77. The Morgan fingerprint density at radius 1 is 1.32 bits per heavy atom. The highest BCUT2D eigenvalue weighted by molar-refractivity contribution is 7.90. The first-order chi connectivity index (χ1) is 10.3. The van der Waals surface area contributed by atoms with Gasteiger partial charge in [-0.2, -0.15) is 10.2 Å². The van der Waals surface area contributed by atoms with Gasteiger partial charge in [0.05, 0.1) is 0 Å². The topological polar surface area (TPSA) is 91.2 Å². The Morgan fingerprint density at radius 2 is 1.95 bits per heavy atom. The molecule has 1 fully saturated rings. The summed E-state index contributed by atoms with van der Waals surface area (Å²) in [6.07, 6.45) is 8.43. The zero-order valence-electron chi connectivity index (χ0n) is 13.0. The molecular weight excluding hydrogens is 304 g/mol. The molecule has 1 heterocycles. The number of terminal acetylenes is 1. The average Bonchev–Trinajstić information content (AvgIpc) is 3.36. The van der Waals surface area contributed by atoms with Gasteiger partial charge in [-0.15, -0.1) is 12.3 Å². The lowest BCUT2D eigenvalue weighted by Crippen LogP contribution is -2.43. The SMILES string of the molecule is C#CCCC1(CCC(=O)NCC2(S(=O)(=O)N(C)C)CC2)N=N1. The Balaban J connectivity index is 1.76. The highest BCUT2D eigenvalue weighted by atomic mass is 32.2. The predicted octanol–water partition coefficient (Wildman–Crippen LogP) is 0.882. The van der Waals surface area contributed by atoms with Crippen molar-refractivity contribution in [2.75, 3.05) is 20.6 Å². The summed E-state index contributed by atoms with van der Waals surface area (Å²) >= 11 is 0. The van der Waals surface area contributed by atoms with Gasteiger partial charge in [-0.1, -0.05) is 0 Å². The van der Waals surface area contributed by atoms with Crippen molar-refractivity contribution in [3.05, 3.63) is 0 Å². The summed E-state index contributed by atoms with van der Waals surface area (Å²) in [6.45, 7) is 0.165. The minimum atomic E-state index is -3.34. The third-order valence-corrected chi connectivity index (χ3v) is 6.86. The molecule has 0 radical (unpaired) electrons. The van der Waals surface area contributed by atoms with Gasteiger partial charge in [0.25, 0.3) is 0 Å². The van der Waals surface area contributed by atoms with E-state index in [9.17, 15) is 13.2 Å². The van der Waals surface area contributed by atoms with Gasteiger partial charge < -0.3 is 5.32 Å². The molecule has 0 aromatic rings. The fourth-order valence-corrected chi connectivity index (χ4v) is 4.03. The van der Waals surface area contributed by atoms with E-state index < -0.39 is 20.4 Å². The van der Waals surface area contributed by atoms with Gasteiger partial charge in [-0.3, -0.25) is 4.79 Å². The molecule has 22 heavy (non-hydrogen) atoms. The van der Waals surface area contributed by atoms with E-state index in [-0.39, 0.29) is 18.9 Å². The van der Waals surface area contributed by atoms with E-state index in [0.29, 0.717) is 32.1 Å². The number of hydrogen-bond donors (Lipinski definition) is 1. The minimum absolute atomic E-state index is 0.165. The van der Waals surface area contributed by atoms with Crippen LogP contribution in [-0.2, 0) is 14.8 Å². The molecule has 0 bridgehead atoms. The first kappa shape index (κ1) is 16.9. The van der Waals surface area contributed by atoms with Crippen LogP contribution in [0.3, 0.4) is 0 Å².